The predicted octanol–water partition coefficient (Wildman–Crippen LogP) is 0.816. The van der Waals surface area contributed by atoms with E-state index in [0.29, 0.717) is 17.9 Å². The number of nitrogens with one attached hydrogen (secondary N) is 2. The second-order valence-electron chi connectivity index (χ2n) is 4.97. The number of amides is 2. The fraction of sp³-hybridized carbons (Fsp3) is 0.267. The highest BCUT2D eigenvalue weighted by molar-refractivity contribution is 6.04. The second-order valence-corrected chi connectivity index (χ2v) is 4.97. The van der Waals surface area contributed by atoms with Crippen molar-refractivity contribution in [3.8, 4) is 5.75 Å². The van der Waals surface area contributed by atoms with E-state index in [9.17, 15) is 9.59 Å². The van der Waals surface area contributed by atoms with Gasteiger partial charge in [0.15, 0.2) is 0 Å². The van der Waals surface area contributed by atoms with Crippen molar-refractivity contribution < 1.29 is 14.3 Å². The maximum Gasteiger partial charge on any atom is 0.255 e. The number of rotatable bonds is 4. The zero-order valence-corrected chi connectivity index (χ0v) is 12.1. The van der Waals surface area contributed by atoms with Gasteiger partial charge < -0.3 is 15.4 Å². The topological polar surface area (TPSA) is 85.2 Å². The number of hydrogen-bond acceptors (Lipinski definition) is 4. The minimum Gasteiger partial charge on any atom is -0.493 e. The Balaban J connectivity index is 1.68. The number of carbonyl (C=O) groups excluding carboxylic acids is 2. The van der Waals surface area contributed by atoms with Crippen LogP contribution >= 0.6 is 0 Å². The lowest BCUT2D eigenvalue weighted by Gasteiger charge is -2.04. The molecule has 0 saturated heterocycles. The van der Waals surface area contributed by atoms with Crippen molar-refractivity contribution in [2.75, 3.05) is 19.0 Å². The van der Waals surface area contributed by atoms with Crippen molar-refractivity contribution in [3.05, 3.63) is 41.7 Å². The molecule has 0 aliphatic carbocycles. The van der Waals surface area contributed by atoms with Gasteiger partial charge in [0.05, 0.1) is 18.5 Å². The number of hydrogen-bond donors (Lipinski definition) is 2. The molecule has 0 unspecified atom stereocenters. The van der Waals surface area contributed by atoms with Crippen LogP contribution < -0.4 is 15.4 Å². The standard InChI is InChI=1S/C15H16N4O3/c1-16-14(20)9-19-8-12(7-17-19)18-15(21)11-2-3-13-10(6-11)4-5-22-13/h2-3,6-8H,4-5,9H2,1H3,(H,16,20)(H,18,21). The number of fused-ring (bicyclic) bond motifs is 1. The quantitative estimate of drug-likeness (QED) is 0.875. The van der Waals surface area contributed by atoms with Crippen LogP contribution in [-0.4, -0.2) is 35.2 Å². The molecule has 1 aliphatic rings. The summed E-state index contributed by atoms with van der Waals surface area (Å²) >= 11 is 0. The Kier molecular flexibility index (Phi) is 3.78. The van der Waals surface area contributed by atoms with Gasteiger partial charge in [-0.05, 0) is 23.8 Å². The van der Waals surface area contributed by atoms with Gasteiger partial charge in [-0.15, -0.1) is 0 Å². The van der Waals surface area contributed by atoms with E-state index in [0.717, 1.165) is 17.7 Å². The molecule has 22 heavy (non-hydrogen) atoms. The van der Waals surface area contributed by atoms with Gasteiger partial charge in [-0.25, -0.2) is 0 Å². The van der Waals surface area contributed by atoms with Gasteiger partial charge in [0.25, 0.3) is 5.91 Å². The normalized spacial score (nSPS) is 12.4. The first-order valence-corrected chi connectivity index (χ1v) is 6.96. The third kappa shape index (κ3) is 2.93. The Labute approximate surface area is 127 Å². The average molecular weight is 300 g/mol. The van der Waals surface area contributed by atoms with Gasteiger partial charge in [-0.1, -0.05) is 0 Å². The van der Waals surface area contributed by atoms with Crippen LogP contribution in [0.4, 0.5) is 5.69 Å². The Morgan fingerprint density at radius 1 is 1.41 bits per heavy atom. The fourth-order valence-corrected chi connectivity index (χ4v) is 2.27. The summed E-state index contributed by atoms with van der Waals surface area (Å²) in [6, 6.07) is 5.38. The minimum absolute atomic E-state index is 0.114. The summed E-state index contributed by atoms with van der Waals surface area (Å²) in [4.78, 5) is 23.5. The summed E-state index contributed by atoms with van der Waals surface area (Å²) in [5, 5.41) is 9.31. The van der Waals surface area contributed by atoms with Crippen molar-refractivity contribution in [2.45, 2.75) is 13.0 Å². The molecule has 0 bridgehead atoms. The van der Waals surface area contributed by atoms with E-state index < -0.39 is 0 Å². The number of carbonyl (C=O) groups is 2. The summed E-state index contributed by atoms with van der Waals surface area (Å²) in [6.45, 7) is 0.773. The molecule has 1 aliphatic heterocycles. The van der Waals surface area contributed by atoms with E-state index in [-0.39, 0.29) is 18.4 Å². The summed E-state index contributed by atoms with van der Waals surface area (Å²) < 4.78 is 6.88. The van der Waals surface area contributed by atoms with Gasteiger partial charge in [0.2, 0.25) is 5.91 Å². The number of nitrogens with zero attached hydrogens (tertiary/aromatic N) is 2. The van der Waals surface area contributed by atoms with Crippen molar-refractivity contribution in [1.82, 2.24) is 15.1 Å². The second kappa shape index (κ2) is 5.88. The van der Waals surface area contributed by atoms with Crippen LogP contribution in [0, 0.1) is 0 Å². The zero-order valence-electron chi connectivity index (χ0n) is 12.1. The molecule has 1 aromatic heterocycles. The molecule has 0 spiro atoms. The lowest BCUT2D eigenvalue weighted by Crippen LogP contribution is -2.23. The minimum atomic E-state index is -0.214. The Hall–Kier alpha value is -2.83. The van der Waals surface area contributed by atoms with Gasteiger partial charge in [0, 0.05) is 25.2 Å². The number of ether oxygens (including phenoxy) is 1. The third-order valence-electron chi connectivity index (χ3n) is 3.43. The molecule has 114 valence electrons. The van der Waals surface area contributed by atoms with E-state index in [1.54, 1.807) is 19.3 Å². The largest absolute Gasteiger partial charge is 0.493 e. The Morgan fingerprint density at radius 2 is 2.27 bits per heavy atom. The van der Waals surface area contributed by atoms with Gasteiger partial charge in [-0.2, -0.15) is 5.10 Å². The number of anilines is 1. The van der Waals surface area contributed by atoms with Crippen molar-refractivity contribution in [2.24, 2.45) is 0 Å². The van der Waals surface area contributed by atoms with Crippen LogP contribution in [0.3, 0.4) is 0 Å². The molecule has 2 aromatic rings. The summed E-state index contributed by atoms with van der Waals surface area (Å²) in [7, 11) is 1.56. The molecule has 2 amide bonds. The molecule has 7 nitrogen and oxygen atoms in total. The third-order valence-corrected chi connectivity index (χ3v) is 3.43. The molecule has 3 rings (SSSR count). The highest BCUT2D eigenvalue weighted by Crippen LogP contribution is 2.26. The smallest absolute Gasteiger partial charge is 0.255 e. The van der Waals surface area contributed by atoms with Gasteiger partial charge in [-0.3, -0.25) is 14.3 Å². The maximum absolute atomic E-state index is 12.2. The first-order chi connectivity index (χ1) is 10.7. The molecule has 1 aromatic carbocycles. The van der Waals surface area contributed by atoms with E-state index >= 15 is 0 Å². The predicted molar refractivity (Wildman–Crippen MR) is 79.9 cm³/mol. The highest BCUT2D eigenvalue weighted by Gasteiger charge is 2.15. The van der Waals surface area contributed by atoms with Crippen LogP contribution in [-0.2, 0) is 17.8 Å². The van der Waals surface area contributed by atoms with E-state index in [1.807, 2.05) is 12.1 Å². The average Bonchev–Trinajstić information content (AvgIpc) is 3.15. The van der Waals surface area contributed by atoms with Crippen LogP contribution in [0.15, 0.2) is 30.6 Å². The van der Waals surface area contributed by atoms with Gasteiger partial charge in [0.1, 0.15) is 12.3 Å². The summed E-state index contributed by atoms with van der Waals surface area (Å²) in [6.07, 6.45) is 3.95. The molecule has 0 radical (unpaired) electrons. The molecule has 0 fully saturated rings. The Bertz CT molecular complexity index is 723. The first kappa shape index (κ1) is 14.1. The zero-order chi connectivity index (χ0) is 15.5. The van der Waals surface area contributed by atoms with Crippen LogP contribution in [0.25, 0.3) is 0 Å². The summed E-state index contributed by atoms with van der Waals surface area (Å²) in [5.41, 5.74) is 2.16. The van der Waals surface area contributed by atoms with Crippen molar-refractivity contribution in [3.63, 3.8) is 0 Å². The molecule has 0 saturated carbocycles. The molecule has 2 heterocycles. The van der Waals surface area contributed by atoms with E-state index in [4.69, 9.17) is 4.74 Å². The molecule has 0 atom stereocenters. The van der Waals surface area contributed by atoms with E-state index in [1.165, 1.54) is 10.9 Å². The van der Waals surface area contributed by atoms with Crippen LogP contribution in [0.2, 0.25) is 0 Å². The monoisotopic (exact) mass is 300 g/mol. The lowest BCUT2D eigenvalue weighted by molar-refractivity contribution is -0.121. The fourth-order valence-electron chi connectivity index (χ4n) is 2.27. The van der Waals surface area contributed by atoms with E-state index in [2.05, 4.69) is 15.7 Å². The molecule has 7 heteroatoms. The molecular weight excluding hydrogens is 284 g/mol. The number of aromatic nitrogens is 2. The van der Waals surface area contributed by atoms with Gasteiger partial charge >= 0.3 is 0 Å². The SMILES string of the molecule is CNC(=O)Cn1cc(NC(=O)c2ccc3c(c2)CCO3)cn1. The summed E-state index contributed by atoms with van der Waals surface area (Å²) in [5.74, 6) is 0.476. The van der Waals surface area contributed by atoms with Crippen molar-refractivity contribution >= 4 is 17.5 Å². The molecule has 2 N–H and O–H groups in total. The maximum atomic E-state index is 12.2. The lowest BCUT2D eigenvalue weighted by atomic mass is 10.1. The van der Waals surface area contributed by atoms with Crippen molar-refractivity contribution in [1.29, 1.82) is 0 Å². The van der Waals surface area contributed by atoms with Crippen LogP contribution in [0.1, 0.15) is 15.9 Å². The highest BCUT2D eigenvalue weighted by atomic mass is 16.5. The van der Waals surface area contributed by atoms with Crippen LogP contribution in [0.5, 0.6) is 5.75 Å². The number of benzene rings is 1. The Morgan fingerprint density at radius 3 is 3.09 bits per heavy atom. The number of likely N-dealkylation sites (N-methyl/N-ethyl adjacent to an activating group) is 1. The molecular formula is C15H16N4O3. The first-order valence-electron chi connectivity index (χ1n) is 6.96.